The summed E-state index contributed by atoms with van der Waals surface area (Å²) < 4.78 is 0. The third kappa shape index (κ3) is 6.15. The number of unbranched alkanes of at least 4 members (excludes halogenated alkanes) is 3. The molecule has 4 fully saturated rings. The Morgan fingerprint density at radius 2 is 1.48 bits per heavy atom. The number of rotatable bonds is 11. The van der Waals surface area contributed by atoms with Gasteiger partial charge >= 0.3 is 0 Å². The highest BCUT2D eigenvalue weighted by Crippen LogP contribution is 2.66. The fourth-order valence-corrected chi connectivity index (χ4v) is 7.84. The molecule has 1 aromatic rings. The van der Waals surface area contributed by atoms with Gasteiger partial charge in [-0.05, 0) is 85.8 Å². The van der Waals surface area contributed by atoms with Crippen LogP contribution in [0.2, 0.25) is 0 Å². The molecule has 6 nitrogen and oxygen atoms in total. The van der Waals surface area contributed by atoms with Crippen molar-refractivity contribution in [2.24, 2.45) is 16.7 Å². The number of anilines is 1. The summed E-state index contributed by atoms with van der Waals surface area (Å²) in [6, 6.07) is 8.26. The Kier molecular flexibility index (Phi) is 7.15. The lowest BCUT2D eigenvalue weighted by Gasteiger charge is -2.65. The van der Waals surface area contributed by atoms with Crippen molar-refractivity contribution in [3.8, 4) is 0 Å². The smallest absolute Gasteiger partial charge is 0.243 e. The topological polar surface area (TPSA) is 90.5 Å². The average molecular weight is 456 g/mol. The maximum Gasteiger partial charge on any atom is 0.243 e. The Bertz CT molecular complexity index is 835. The van der Waals surface area contributed by atoms with Gasteiger partial charge in [-0.2, -0.15) is 0 Å². The van der Waals surface area contributed by atoms with Crippen molar-refractivity contribution in [1.82, 2.24) is 10.8 Å². The molecule has 0 saturated heterocycles. The molecule has 0 aromatic heterocycles. The lowest BCUT2D eigenvalue weighted by molar-refractivity contribution is -0.129. The molecule has 0 aliphatic heterocycles. The minimum atomic E-state index is -0.354. The van der Waals surface area contributed by atoms with Crippen LogP contribution in [0.4, 0.5) is 5.69 Å². The molecule has 6 heteroatoms. The lowest BCUT2D eigenvalue weighted by atomic mass is 9.43. The number of nitrogens with one attached hydrogen (secondary N) is 3. The molecule has 1 aromatic carbocycles. The van der Waals surface area contributed by atoms with E-state index in [-0.39, 0.29) is 11.8 Å². The second-order valence-electron chi connectivity index (χ2n) is 12.0. The first-order valence-corrected chi connectivity index (χ1v) is 12.8. The predicted molar refractivity (Wildman–Crippen MR) is 130 cm³/mol. The highest BCUT2D eigenvalue weighted by Gasteiger charge is 2.59. The first-order chi connectivity index (χ1) is 15.7. The maximum atomic E-state index is 12.2. The molecular weight excluding hydrogens is 414 g/mol. The first kappa shape index (κ1) is 24.2. The molecule has 4 aliphatic carbocycles. The zero-order valence-electron chi connectivity index (χ0n) is 20.3. The Labute approximate surface area is 198 Å². The van der Waals surface area contributed by atoms with Crippen molar-refractivity contribution in [2.45, 2.75) is 103 Å². The van der Waals surface area contributed by atoms with E-state index in [4.69, 9.17) is 5.21 Å². The number of hydroxylamine groups is 1. The molecule has 182 valence electrons. The van der Waals surface area contributed by atoms with E-state index < -0.39 is 0 Å². The number of hydrogen-bond acceptors (Lipinski definition) is 4. The first-order valence-electron chi connectivity index (χ1n) is 12.8. The zero-order valence-corrected chi connectivity index (χ0v) is 20.3. The van der Waals surface area contributed by atoms with Crippen molar-refractivity contribution in [3.05, 3.63) is 29.8 Å². The summed E-state index contributed by atoms with van der Waals surface area (Å²) in [5, 5.41) is 15.4. The Morgan fingerprint density at radius 3 is 2.06 bits per heavy atom. The molecule has 2 amide bonds. The van der Waals surface area contributed by atoms with Gasteiger partial charge < -0.3 is 10.6 Å². The van der Waals surface area contributed by atoms with Crippen LogP contribution in [0.15, 0.2) is 24.3 Å². The van der Waals surface area contributed by atoms with Gasteiger partial charge in [-0.3, -0.25) is 14.8 Å². The summed E-state index contributed by atoms with van der Waals surface area (Å²) in [6.07, 6.45) is 12.3. The van der Waals surface area contributed by atoms with E-state index in [9.17, 15) is 9.59 Å². The maximum absolute atomic E-state index is 12.2. The normalized spacial score (nSPS) is 32.0. The minimum Gasteiger partial charge on any atom is -0.326 e. The van der Waals surface area contributed by atoms with Gasteiger partial charge in [-0.15, -0.1) is 0 Å². The predicted octanol–water partition coefficient (Wildman–Crippen LogP) is 5.31. The molecule has 2 unspecified atom stereocenters. The summed E-state index contributed by atoms with van der Waals surface area (Å²) in [5.41, 5.74) is 5.09. The highest BCUT2D eigenvalue weighted by atomic mass is 16.5. The third-order valence-corrected chi connectivity index (χ3v) is 8.21. The molecule has 4 N–H and O–H groups in total. The van der Waals surface area contributed by atoms with Gasteiger partial charge in [-0.1, -0.05) is 38.8 Å². The van der Waals surface area contributed by atoms with Crippen LogP contribution < -0.4 is 16.1 Å². The third-order valence-electron chi connectivity index (χ3n) is 8.21. The second-order valence-corrected chi connectivity index (χ2v) is 12.0. The number of benzene rings is 1. The molecule has 0 heterocycles. The molecular formula is C27H41N3O3. The second kappa shape index (κ2) is 9.75. The van der Waals surface area contributed by atoms with Crippen LogP contribution in [0.5, 0.6) is 0 Å². The molecule has 0 spiro atoms. The molecule has 33 heavy (non-hydrogen) atoms. The Hall–Kier alpha value is -1.92. The van der Waals surface area contributed by atoms with Crippen LogP contribution in [0.1, 0.15) is 96.5 Å². The van der Waals surface area contributed by atoms with E-state index >= 15 is 0 Å². The van der Waals surface area contributed by atoms with Gasteiger partial charge in [0.15, 0.2) is 0 Å². The molecule has 5 rings (SSSR count). The van der Waals surface area contributed by atoms with Crippen LogP contribution in [0.25, 0.3) is 0 Å². The van der Waals surface area contributed by atoms with E-state index in [1.54, 1.807) is 5.48 Å². The van der Waals surface area contributed by atoms with Crippen molar-refractivity contribution >= 4 is 17.5 Å². The van der Waals surface area contributed by atoms with Crippen molar-refractivity contribution in [2.75, 3.05) is 5.32 Å². The summed E-state index contributed by atoms with van der Waals surface area (Å²) in [4.78, 5) is 23.2. The average Bonchev–Trinajstić information content (AvgIpc) is 2.73. The van der Waals surface area contributed by atoms with E-state index in [0.717, 1.165) is 43.8 Å². The van der Waals surface area contributed by atoms with Crippen LogP contribution in [0.3, 0.4) is 0 Å². The quantitative estimate of drug-likeness (QED) is 0.207. The molecule has 0 radical (unpaired) electrons. The van der Waals surface area contributed by atoms with Gasteiger partial charge in [0.1, 0.15) is 0 Å². The minimum absolute atomic E-state index is 0.0315. The van der Waals surface area contributed by atoms with E-state index in [0.29, 0.717) is 29.2 Å². The van der Waals surface area contributed by atoms with Gasteiger partial charge in [0.25, 0.3) is 0 Å². The van der Waals surface area contributed by atoms with Crippen molar-refractivity contribution < 1.29 is 14.8 Å². The molecule has 4 aliphatic rings. The molecule has 4 bridgehead atoms. The van der Waals surface area contributed by atoms with Crippen molar-refractivity contribution in [1.29, 1.82) is 0 Å². The fourth-order valence-electron chi connectivity index (χ4n) is 7.84. The number of carbonyl (C=O) groups is 2. The number of hydrogen-bond donors (Lipinski definition) is 4. The summed E-state index contributed by atoms with van der Waals surface area (Å²) in [5.74, 6) is 0.568. The summed E-state index contributed by atoms with van der Waals surface area (Å²) >= 11 is 0. The monoisotopic (exact) mass is 455 g/mol. The van der Waals surface area contributed by atoms with E-state index in [1.165, 1.54) is 44.1 Å². The van der Waals surface area contributed by atoms with Gasteiger partial charge in [0, 0.05) is 30.6 Å². The number of carbonyl (C=O) groups excluding carboxylic acids is 2. The zero-order chi connectivity index (χ0) is 23.5. The van der Waals surface area contributed by atoms with Gasteiger partial charge in [0.2, 0.25) is 11.8 Å². The van der Waals surface area contributed by atoms with E-state index in [1.807, 2.05) is 12.1 Å². The summed E-state index contributed by atoms with van der Waals surface area (Å²) in [7, 11) is 0. The largest absolute Gasteiger partial charge is 0.326 e. The van der Waals surface area contributed by atoms with Crippen molar-refractivity contribution in [3.63, 3.8) is 0 Å². The highest BCUT2D eigenvalue weighted by molar-refractivity contribution is 5.90. The van der Waals surface area contributed by atoms with Gasteiger partial charge in [-0.25, -0.2) is 5.48 Å². The fraction of sp³-hybridized carbons (Fsp3) is 0.704. The van der Waals surface area contributed by atoms with Crippen LogP contribution in [0, 0.1) is 16.7 Å². The summed E-state index contributed by atoms with van der Waals surface area (Å²) in [6.45, 7) is 5.92. The molecule has 2 atom stereocenters. The lowest BCUT2D eigenvalue weighted by Crippen LogP contribution is -2.63. The Morgan fingerprint density at radius 1 is 0.879 bits per heavy atom. The standard InChI is InChI=1S/C27H41N3O3/c1-25-13-21-14-26(2,17-25)19-27(15-21,18-25)28-16-20-9-11-22(12-10-20)29-23(31)7-5-3-4-6-8-24(32)30-33/h9-12,21,28,33H,3-8,13-19H2,1-2H3,(H,29,31)(H,30,32). The number of amides is 2. The van der Waals surface area contributed by atoms with Crippen LogP contribution in [-0.2, 0) is 16.1 Å². The van der Waals surface area contributed by atoms with Gasteiger partial charge in [0.05, 0.1) is 0 Å². The molecule has 4 saturated carbocycles. The van der Waals surface area contributed by atoms with E-state index in [2.05, 4.69) is 36.6 Å². The van der Waals surface area contributed by atoms with Crippen LogP contribution >= 0.6 is 0 Å². The SMILES string of the molecule is CC12CC3CC(C)(C1)CC(NCc1ccc(NC(=O)CCCCCCC(=O)NO)cc1)(C3)C2. The Balaban J connectivity index is 1.19. The van der Waals surface area contributed by atoms with Crippen LogP contribution in [-0.4, -0.2) is 22.6 Å².